The number of aromatic nitrogens is 2. The average Bonchev–Trinajstić information content (AvgIpc) is 2.81. The number of rotatable bonds is 4. The van der Waals surface area contributed by atoms with Crippen LogP contribution in [0.5, 0.6) is 0 Å². The van der Waals surface area contributed by atoms with E-state index >= 15 is 0 Å². The highest BCUT2D eigenvalue weighted by Gasteiger charge is 2.06. The van der Waals surface area contributed by atoms with Crippen LogP contribution in [-0.4, -0.2) is 22.7 Å². The average molecular weight is 244 g/mol. The number of hydrogen-bond donors (Lipinski definition) is 2. The summed E-state index contributed by atoms with van der Waals surface area (Å²) in [6.45, 7) is 2.88. The van der Waals surface area contributed by atoms with Gasteiger partial charge in [0.25, 0.3) is 5.91 Å². The maximum atomic E-state index is 11.0. The zero-order valence-electron chi connectivity index (χ0n) is 10.5. The van der Waals surface area contributed by atoms with Gasteiger partial charge in [-0.3, -0.25) is 4.79 Å². The molecular weight excluding hydrogens is 228 g/mol. The standard InChI is InChI=1S/C13H16N4O/c1-9-7-11(4-3-10(9)8-15-2)17-6-5-12(16-17)13(14)18/h3-7,15H,8H2,1-2H3,(H2,14,18). The van der Waals surface area contributed by atoms with E-state index in [-0.39, 0.29) is 5.69 Å². The molecule has 2 aromatic rings. The summed E-state index contributed by atoms with van der Waals surface area (Å²) in [5, 5.41) is 7.24. The molecule has 2 rings (SSSR count). The largest absolute Gasteiger partial charge is 0.364 e. The maximum absolute atomic E-state index is 11.0. The van der Waals surface area contributed by atoms with E-state index in [1.807, 2.05) is 25.2 Å². The Kier molecular flexibility index (Phi) is 3.43. The Morgan fingerprint density at radius 3 is 2.78 bits per heavy atom. The summed E-state index contributed by atoms with van der Waals surface area (Å²) < 4.78 is 1.65. The van der Waals surface area contributed by atoms with Crippen LogP contribution in [0, 0.1) is 6.92 Å². The van der Waals surface area contributed by atoms with Gasteiger partial charge < -0.3 is 11.1 Å². The minimum absolute atomic E-state index is 0.270. The first kappa shape index (κ1) is 12.3. The van der Waals surface area contributed by atoms with Crippen LogP contribution < -0.4 is 11.1 Å². The van der Waals surface area contributed by atoms with Gasteiger partial charge in [0.05, 0.1) is 5.69 Å². The molecule has 0 spiro atoms. The predicted molar refractivity (Wildman–Crippen MR) is 69.6 cm³/mol. The Morgan fingerprint density at radius 2 is 2.22 bits per heavy atom. The molecule has 0 bridgehead atoms. The lowest BCUT2D eigenvalue weighted by atomic mass is 10.1. The lowest BCUT2D eigenvalue weighted by Crippen LogP contribution is -2.12. The summed E-state index contributed by atoms with van der Waals surface area (Å²) >= 11 is 0. The zero-order chi connectivity index (χ0) is 13.1. The van der Waals surface area contributed by atoms with E-state index in [2.05, 4.69) is 17.3 Å². The molecule has 0 aliphatic rings. The van der Waals surface area contributed by atoms with Gasteiger partial charge in [-0.25, -0.2) is 4.68 Å². The van der Waals surface area contributed by atoms with Crippen molar-refractivity contribution in [2.45, 2.75) is 13.5 Å². The highest BCUT2D eigenvalue weighted by molar-refractivity contribution is 5.90. The molecule has 3 N–H and O–H groups in total. The van der Waals surface area contributed by atoms with Crippen LogP contribution in [-0.2, 0) is 6.54 Å². The van der Waals surface area contributed by atoms with Crippen molar-refractivity contribution >= 4 is 5.91 Å². The number of nitrogens with two attached hydrogens (primary N) is 1. The highest BCUT2D eigenvalue weighted by atomic mass is 16.1. The topological polar surface area (TPSA) is 72.9 Å². The molecule has 0 unspecified atom stereocenters. The van der Waals surface area contributed by atoms with Crippen molar-refractivity contribution in [3.8, 4) is 5.69 Å². The van der Waals surface area contributed by atoms with Crippen LogP contribution in [0.15, 0.2) is 30.5 Å². The Bertz CT molecular complexity index is 574. The van der Waals surface area contributed by atoms with Crippen molar-refractivity contribution in [2.24, 2.45) is 5.73 Å². The number of benzene rings is 1. The van der Waals surface area contributed by atoms with Gasteiger partial charge in [0, 0.05) is 12.7 Å². The van der Waals surface area contributed by atoms with Crippen LogP contribution in [0.25, 0.3) is 5.69 Å². The molecule has 0 radical (unpaired) electrons. The van der Waals surface area contributed by atoms with Crippen LogP contribution in [0.4, 0.5) is 0 Å². The monoisotopic (exact) mass is 244 g/mol. The number of primary amides is 1. The van der Waals surface area contributed by atoms with E-state index in [0.717, 1.165) is 12.2 Å². The zero-order valence-corrected chi connectivity index (χ0v) is 10.5. The summed E-state index contributed by atoms with van der Waals surface area (Å²) in [6, 6.07) is 7.66. The molecule has 1 aromatic carbocycles. The van der Waals surface area contributed by atoms with Gasteiger partial charge in [-0.15, -0.1) is 0 Å². The third-order valence-electron chi connectivity index (χ3n) is 2.80. The maximum Gasteiger partial charge on any atom is 0.269 e. The van der Waals surface area contributed by atoms with Gasteiger partial charge in [-0.1, -0.05) is 6.07 Å². The number of carbonyl (C=O) groups excluding carboxylic acids is 1. The molecule has 1 amide bonds. The number of hydrogen-bond acceptors (Lipinski definition) is 3. The third kappa shape index (κ3) is 2.41. The fraction of sp³-hybridized carbons (Fsp3) is 0.231. The van der Waals surface area contributed by atoms with Gasteiger partial charge in [-0.2, -0.15) is 5.10 Å². The van der Waals surface area contributed by atoms with Crippen molar-refractivity contribution in [2.75, 3.05) is 7.05 Å². The van der Waals surface area contributed by atoms with Crippen molar-refractivity contribution in [3.63, 3.8) is 0 Å². The normalized spacial score (nSPS) is 10.6. The molecule has 1 heterocycles. The van der Waals surface area contributed by atoms with Crippen molar-refractivity contribution in [3.05, 3.63) is 47.3 Å². The minimum Gasteiger partial charge on any atom is -0.364 e. The molecular formula is C13H16N4O. The summed E-state index contributed by atoms with van der Waals surface area (Å²) in [5.41, 5.74) is 8.78. The fourth-order valence-corrected chi connectivity index (χ4v) is 1.81. The summed E-state index contributed by atoms with van der Waals surface area (Å²) in [5.74, 6) is -0.516. The lowest BCUT2D eigenvalue weighted by Gasteiger charge is -2.08. The van der Waals surface area contributed by atoms with E-state index in [1.54, 1.807) is 16.9 Å². The van der Waals surface area contributed by atoms with Gasteiger partial charge in [0.1, 0.15) is 5.69 Å². The molecule has 0 saturated heterocycles. The fourth-order valence-electron chi connectivity index (χ4n) is 1.81. The van der Waals surface area contributed by atoms with Gasteiger partial charge >= 0.3 is 0 Å². The van der Waals surface area contributed by atoms with Gasteiger partial charge in [0.15, 0.2) is 0 Å². The third-order valence-corrected chi connectivity index (χ3v) is 2.80. The summed E-state index contributed by atoms with van der Waals surface area (Å²) in [4.78, 5) is 11.0. The molecule has 0 saturated carbocycles. The molecule has 18 heavy (non-hydrogen) atoms. The number of nitrogens with zero attached hydrogens (tertiary/aromatic N) is 2. The summed E-state index contributed by atoms with van der Waals surface area (Å²) in [7, 11) is 1.92. The van der Waals surface area contributed by atoms with Gasteiger partial charge in [-0.05, 0) is 43.3 Å². The van der Waals surface area contributed by atoms with E-state index in [0.29, 0.717) is 0 Å². The number of nitrogens with one attached hydrogen (secondary N) is 1. The van der Waals surface area contributed by atoms with Crippen molar-refractivity contribution in [1.82, 2.24) is 15.1 Å². The molecule has 0 aliphatic carbocycles. The van der Waals surface area contributed by atoms with Crippen LogP contribution >= 0.6 is 0 Å². The molecule has 0 atom stereocenters. The molecule has 5 heteroatoms. The van der Waals surface area contributed by atoms with E-state index in [4.69, 9.17) is 5.73 Å². The van der Waals surface area contributed by atoms with Gasteiger partial charge in [0.2, 0.25) is 0 Å². The Hall–Kier alpha value is -2.14. The molecule has 94 valence electrons. The second-order valence-electron chi connectivity index (χ2n) is 4.15. The minimum atomic E-state index is -0.516. The van der Waals surface area contributed by atoms with Crippen molar-refractivity contribution < 1.29 is 4.79 Å². The lowest BCUT2D eigenvalue weighted by molar-refractivity contribution is 0.0995. The smallest absolute Gasteiger partial charge is 0.269 e. The summed E-state index contributed by atoms with van der Waals surface area (Å²) in [6.07, 6.45) is 1.73. The molecule has 0 fully saturated rings. The van der Waals surface area contributed by atoms with Crippen molar-refractivity contribution in [1.29, 1.82) is 0 Å². The first-order valence-corrected chi connectivity index (χ1v) is 5.72. The number of amides is 1. The first-order valence-electron chi connectivity index (χ1n) is 5.72. The first-order chi connectivity index (χ1) is 8.61. The molecule has 5 nitrogen and oxygen atoms in total. The van der Waals surface area contributed by atoms with Crippen LogP contribution in [0.2, 0.25) is 0 Å². The predicted octanol–water partition coefficient (Wildman–Crippen LogP) is 0.999. The number of carbonyl (C=O) groups is 1. The van der Waals surface area contributed by atoms with Crippen LogP contribution in [0.3, 0.4) is 0 Å². The second-order valence-corrected chi connectivity index (χ2v) is 4.15. The quantitative estimate of drug-likeness (QED) is 0.842. The SMILES string of the molecule is CNCc1ccc(-n2ccc(C(N)=O)n2)cc1C. The van der Waals surface area contributed by atoms with E-state index in [9.17, 15) is 4.79 Å². The Balaban J connectivity index is 2.33. The second kappa shape index (κ2) is 5.01. The number of aryl methyl sites for hydroxylation is 1. The Morgan fingerprint density at radius 1 is 1.44 bits per heavy atom. The molecule has 1 aromatic heterocycles. The van der Waals surface area contributed by atoms with Crippen LogP contribution in [0.1, 0.15) is 21.6 Å². The highest BCUT2D eigenvalue weighted by Crippen LogP contribution is 2.14. The Labute approximate surface area is 106 Å². The van der Waals surface area contributed by atoms with E-state index < -0.39 is 5.91 Å². The molecule has 0 aliphatic heterocycles. The van der Waals surface area contributed by atoms with E-state index in [1.165, 1.54) is 11.1 Å².